The Morgan fingerprint density at radius 1 is 1.44 bits per heavy atom. The molecule has 2 rings (SSSR count). The minimum atomic E-state index is -0.600. The molecule has 16 heavy (non-hydrogen) atoms. The Morgan fingerprint density at radius 2 is 2.19 bits per heavy atom. The molecule has 0 aliphatic carbocycles. The molecule has 3 N–H and O–H groups in total. The quantitative estimate of drug-likeness (QED) is 0.822. The molecule has 0 amide bonds. The lowest BCUT2D eigenvalue weighted by Gasteiger charge is -2.03. The fourth-order valence-corrected chi connectivity index (χ4v) is 2.29. The van der Waals surface area contributed by atoms with Gasteiger partial charge in [-0.1, -0.05) is 25.2 Å². The maximum Gasteiger partial charge on any atom is 0.234 e. The summed E-state index contributed by atoms with van der Waals surface area (Å²) in [5, 5.41) is 22.8. The third-order valence-corrected chi connectivity index (χ3v) is 3.27. The number of nitrogens with zero attached hydrogens (tertiary/aromatic N) is 4. The van der Waals surface area contributed by atoms with Crippen LogP contribution in [0.15, 0.2) is 0 Å². The zero-order chi connectivity index (χ0) is 11.7. The van der Waals surface area contributed by atoms with Gasteiger partial charge in [-0.05, 0) is 13.0 Å². The molecule has 0 radical (unpaired) electrons. The molecular formula is C9H15N5OS. The Hall–Kier alpha value is -1.05. The molecule has 0 saturated heterocycles. The van der Waals surface area contributed by atoms with Crippen LogP contribution in [0.3, 0.4) is 0 Å². The predicted octanol–water partition coefficient (Wildman–Crippen LogP) is 0.691. The maximum absolute atomic E-state index is 9.78. The van der Waals surface area contributed by atoms with Crippen molar-refractivity contribution in [2.75, 3.05) is 6.54 Å². The van der Waals surface area contributed by atoms with Crippen LogP contribution in [0, 0.1) is 0 Å². The summed E-state index contributed by atoms with van der Waals surface area (Å²) in [6.07, 6.45) is -0.0853. The van der Waals surface area contributed by atoms with Crippen LogP contribution in [-0.4, -0.2) is 31.5 Å². The maximum atomic E-state index is 9.78. The Morgan fingerprint density at radius 3 is 2.81 bits per heavy atom. The molecular weight excluding hydrogens is 226 g/mol. The molecule has 0 spiro atoms. The largest absolute Gasteiger partial charge is 0.386 e. The van der Waals surface area contributed by atoms with Gasteiger partial charge >= 0.3 is 0 Å². The molecule has 0 fully saturated rings. The van der Waals surface area contributed by atoms with Crippen molar-refractivity contribution in [2.45, 2.75) is 32.3 Å². The number of aromatic nitrogens is 4. The summed E-state index contributed by atoms with van der Waals surface area (Å²) in [6, 6.07) is 0. The van der Waals surface area contributed by atoms with Crippen LogP contribution < -0.4 is 5.73 Å². The molecule has 2 aromatic rings. The Bertz CT molecular complexity index is 477. The predicted molar refractivity (Wildman–Crippen MR) is 61.4 cm³/mol. The van der Waals surface area contributed by atoms with Crippen molar-refractivity contribution in [3.63, 3.8) is 0 Å². The van der Waals surface area contributed by atoms with E-state index in [4.69, 9.17) is 5.73 Å². The molecule has 0 aromatic carbocycles. The second-order valence-corrected chi connectivity index (χ2v) is 4.93. The highest BCUT2D eigenvalue weighted by Gasteiger charge is 2.17. The van der Waals surface area contributed by atoms with E-state index in [1.54, 1.807) is 4.52 Å². The van der Waals surface area contributed by atoms with Crippen LogP contribution in [0.4, 0.5) is 0 Å². The average molecular weight is 241 g/mol. The van der Waals surface area contributed by atoms with E-state index in [9.17, 15) is 5.11 Å². The first-order chi connectivity index (χ1) is 7.63. The topological polar surface area (TPSA) is 89.3 Å². The number of aliphatic hydroxyl groups excluding tert-OH is 1. The van der Waals surface area contributed by atoms with E-state index in [1.165, 1.54) is 11.3 Å². The Balaban J connectivity index is 2.37. The summed E-state index contributed by atoms with van der Waals surface area (Å²) in [5.41, 5.74) is 5.40. The van der Waals surface area contributed by atoms with E-state index < -0.39 is 6.10 Å². The van der Waals surface area contributed by atoms with Gasteiger partial charge in [-0.2, -0.15) is 9.61 Å². The molecule has 1 atom stereocenters. The van der Waals surface area contributed by atoms with Gasteiger partial charge in [0.25, 0.3) is 0 Å². The molecule has 88 valence electrons. The molecule has 6 nitrogen and oxygen atoms in total. The third kappa shape index (κ3) is 1.93. The van der Waals surface area contributed by atoms with E-state index >= 15 is 0 Å². The minimum Gasteiger partial charge on any atom is -0.386 e. The van der Waals surface area contributed by atoms with Crippen LogP contribution in [-0.2, 0) is 0 Å². The summed E-state index contributed by atoms with van der Waals surface area (Å²) >= 11 is 1.36. The van der Waals surface area contributed by atoms with Gasteiger partial charge in [-0.15, -0.1) is 10.2 Å². The van der Waals surface area contributed by atoms with Gasteiger partial charge < -0.3 is 10.8 Å². The molecule has 0 aliphatic rings. The van der Waals surface area contributed by atoms with E-state index in [0.29, 0.717) is 18.0 Å². The number of rotatable bonds is 4. The summed E-state index contributed by atoms with van der Waals surface area (Å²) in [5.74, 6) is 1.08. The van der Waals surface area contributed by atoms with E-state index in [-0.39, 0.29) is 5.92 Å². The van der Waals surface area contributed by atoms with Gasteiger partial charge in [-0.3, -0.25) is 0 Å². The normalized spacial score (nSPS) is 13.8. The van der Waals surface area contributed by atoms with E-state index in [2.05, 4.69) is 15.3 Å². The van der Waals surface area contributed by atoms with Gasteiger partial charge in [-0.25, -0.2) is 0 Å². The molecule has 2 heterocycles. The highest BCUT2D eigenvalue weighted by molar-refractivity contribution is 7.16. The van der Waals surface area contributed by atoms with Crippen LogP contribution in [0.5, 0.6) is 0 Å². The van der Waals surface area contributed by atoms with Crippen molar-refractivity contribution in [1.29, 1.82) is 0 Å². The molecule has 0 bridgehead atoms. The van der Waals surface area contributed by atoms with Crippen molar-refractivity contribution in [3.8, 4) is 0 Å². The number of nitrogens with two attached hydrogens (primary N) is 1. The molecule has 1 unspecified atom stereocenters. The smallest absolute Gasteiger partial charge is 0.234 e. The number of aliphatic hydroxyl groups is 1. The van der Waals surface area contributed by atoms with Crippen LogP contribution in [0.1, 0.15) is 43.1 Å². The summed E-state index contributed by atoms with van der Waals surface area (Å²) < 4.78 is 1.70. The van der Waals surface area contributed by atoms with Crippen LogP contribution >= 0.6 is 11.3 Å². The Kier molecular flexibility index (Phi) is 3.17. The average Bonchev–Trinajstić information content (AvgIpc) is 2.74. The van der Waals surface area contributed by atoms with E-state index in [0.717, 1.165) is 10.8 Å². The lowest BCUT2D eigenvalue weighted by Crippen LogP contribution is -2.07. The van der Waals surface area contributed by atoms with Gasteiger partial charge in [0.2, 0.25) is 4.96 Å². The van der Waals surface area contributed by atoms with Gasteiger partial charge in [0.05, 0.1) is 0 Å². The second-order valence-electron chi connectivity index (χ2n) is 3.94. The lowest BCUT2D eigenvalue weighted by atomic mass is 10.2. The Labute approximate surface area is 97.1 Å². The standard InChI is InChI=1S/C9H15N5OS/c1-5(2)7-11-12-9-14(7)13-8(16-9)6(15)3-4-10/h5-6,15H,3-4,10H2,1-2H3. The van der Waals surface area contributed by atoms with Crippen molar-refractivity contribution in [3.05, 3.63) is 10.8 Å². The van der Waals surface area contributed by atoms with Crippen molar-refractivity contribution in [2.24, 2.45) is 5.73 Å². The minimum absolute atomic E-state index is 0.261. The third-order valence-electron chi connectivity index (χ3n) is 2.27. The summed E-state index contributed by atoms with van der Waals surface area (Å²) in [7, 11) is 0. The first-order valence-electron chi connectivity index (χ1n) is 5.23. The second kappa shape index (κ2) is 4.44. The number of hydrogen-bond donors (Lipinski definition) is 2. The van der Waals surface area contributed by atoms with Crippen molar-refractivity contribution in [1.82, 2.24) is 19.8 Å². The lowest BCUT2D eigenvalue weighted by molar-refractivity contribution is 0.168. The number of hydrogen-bond acceptors (Lipinski definition) is 6. The van der Waals surface area contributed by atoms with Crippen LogP contribution in [0.25, 0.3) is 4.96 Å². The number of fused-ring (bicyclic) bond motifs is 1. The molecule has 7 heteroatoms. The molecule has 2 aromatic heterocycles. The fraction of sp³-hybridized carbons (Fsp3) is 0.667. The molecule has 0 saturated carbocycles. The fourth-order valence-electron chi connectivity index (χ4n) is 1.42. The first kappa shape index (κ1) is 11.4. The van der Waals surface area contributed by atoms with Crippen molar-refractivity contribution >= 4 is 16.3 Å². The summed E-state index contributed by atoms with van der Waals surface area (Å²) in [6.45, 7) is 4.51. The monoisotopic (exact) mass is 241 g/mol. The SMILES string of the molecule is CC(C)c1nnc2sc(C(O)CCN)nn12. The zero-order valence-electron chi connectivity index (χ0n) is 9.29. The highest BCUT2D eigenvalue weighted by atomic mass is 32.1. The van der Waals surface area contributed by atoms with E-state index in [1.807, 2.05) is 13.8 Å². The highest BCUT2D eigenvalue weighted by Crippen LogP contribution is 2.24. The van der Waals surface area contributed by atoms with Gasteiger partial charge in [0.15, 0.2) is 5.82 Å². The van der Waals surface area contributed by atoms with Gasteiger partial charge in [0.1, 0.15) is 11.1 Å². The summed E-state index contributed by atoms with van der Waals surface area (Å²) in [4.78, 5) is 0.717. The van der Waals surface area contributed by atoms with Gasteiger partial charge in [0, 0.05) is 5.92 Å². The van der Waals surface area contributed by atoms with Crippen molar-refractivity contribution < 1.29 is 5.11 Å². The first-order valence-corrected chi connectivity index (χ1v) is 6.05. The zero-order valence-corrected chi connectivity index (χ0v) is 10.1. The molecule has 0 aliphatic heterocycles. The van der Waals surface area contributed by atoms with Crippen LogP contribution in [0.2, 0.25) is 0 Å².